The lowest BCUT2D eigenvalue weighted by molar-refractivity contribution is -0.141. The first-order chi connectivity index (χ1) is 24.6. The molecule has 0 radical (unpaired) electrons. The number of nitrogens with zero attached hydrogens (tertiary/aromatic N) is 5. The summed E-state index contributed by atoms with van der Waals surface area (Å²) in [5, 5.41) is 29.2. The monoisotopic (exact) mass is 704 g/mol. The summed E-state index contributed by atoms with van der Waals surface area (Å²) >= 11 is 0. The van der Waals surface area contributed by atoms with E-state index in [1.807, 2.05) is 4.90 Å². The van der Waals surface area contributed by atoms with Crippen LogP contribution < -0.4 is 30.6 Å². The number of nitrogens with one attached hydrogen (secondary N) is 2. The van der Waals surface area contributed by atoms with Crippen molar-refractivity contribution in [2.24, 2.45) is 26.6 Å². The molecule has 3 unspecified atom stereocenters. The molecule has 1 aromatic rings. The maximum Gasteiger partial charge on any atom is 0.375 e. The number of hydrogen-bond acceptors (Lipinski definition) is 16. The molecule has 0 aromatic heterocycles. The van der Waals surface area contributed by atoms with Gasteiger partial charge in [0.15, 0.2) is 24.1 Å². The lowest BCUT2D eigenvalue weighted by Gasteiger charge is -2.39. The normalized spacial score (nSPS) is 24.5. The van der Waals surface area contributed by atoms with Gasteiger partial charge < -0.3 is 50.4 Å². The van der Waals surface area contributed by atoms with Crippen molar-refractivity contribution in [2.45, 2.75) is 57.7 Å². The van der Waals surface area contributed by atoms with Gasteiger partial charge in [-0.15, -0.1) is 0 Å². The van der Waals surface area contributed by atoms with E-state index in [1.165, 1.54) is 7.11 Å². The van der Waals surface area contributed by atoms with Gasteiger partial charge in [0.05, 0.1) is 37.0 Å². The van der Waals surface area contributed by atoms with Gasteiger partial charge in [-0.25, -0.2) is 4.79 Å². The Hall–Kier alpha value is -5.26. The second kappa shape index (κ2) is 13.5. The van der Waals surface area contributed by atoms with Gasteiger partial charge in [0.1, 0.15) is 35.6 Å². The molecule has 6 heterocycles. The minimum absolute atomic E-state index is 0.0219. The molecule has 1 fully saturated rings. The summed E-state index contributed by atoms with van der Waals surface area (Å²) in [6.45, 7) is 4.72. The number of ether oxygens (including phenoxy) is 4. The lowest BCUT2D eigenvalue weighted by Crippen LogP contribution is -2.53. The van der Waals surface area contributed by atoms with Gasteiger partial charge in [0.25, 0.3) is 0 Å². The fourth-order valence-electron chi connectivity index (χ4n) is 7.52. The highest BCUT2D eigenvalue weighted by atomic mass is 16.6. The van der Waals surface area contributed by atoms with Crippen molar-refractivity contribution in [3.8, 4) is 17.2 Å². The van der Waals surface area contributed by atoms with Gasteiger partial charge in [-0.2, -0.15) is 9.98 Å². The van der Waals surface area contributed by atoms with E-state index in [1.54, 1.807) is 37.2 Å². The standard InChI is InChI=1S/C34H40N8O9/c1-4-49-31(46)28-20(14-43)18(7-11-41-12-10-37-33(41)42-16-38-24-29(42)39-32(35)40-30(24)45)23-26(48-3)19-13-22(34(2,47)17-5-8-36-9-6-17)50-25(19)21(15-44)27(23)51-28/h7,10,12,14,17,22,33,36-37,44,47H,4-6,8-9,11,13,15-16H2,1-3H3,(H2,35,40,45). The van der Waals surface area contributed by atoms with Crippen molar-refractivity contribution in [3.63, 3.8) is 0 Å². The molecule has 1 aromatic carbocycles. The second-order valence-corrected chi connectivity index (χ2v) is 12.9. The number of aliphatic hydroxyl groups excluding tert-OH is 1. The number of carbonyl (C=O) groups is 3. The Labute approximate surface area is 293 Å². The van der Waals surface area contributed by atoms with Crippen molar-refractivity contribution in [1.29, 1.82) is 0 Å². The van der Waals surface area contributed by atoms with Crippen molar-refractivity contribution >= 4 is 41.2 Å². The van der Waals surface area contributed by atoms with E-state index in [2.05, 4.69) is 25.6 Å². The zero-order chi connectivity index (χ0) is 36.0. The number of benzene rings is 1. The number of aldehydes is 1. The molecule has 0 saturated carbocycles. The number of methoxy groups -OCH3 is 1. The topological polar surface area (TPSA) is 222 Å². The van der Waals surface area contributed by atoms with Crippen LogP contribution in [-0.2, 0) is 32.1 Å². The summed E-state index contributed by atoms with van der Waals surface area (Å²) in [7, 11) is 1.48. The van der Waals surface area contributed by atoms with Crippen LogP contribution in [0, 0.1) is 5.92 Å². The number of fused-ring (bicyclic) bond motifs is 3. The van der Waals surface area contributed by atoms with Crippen LogP contribution >= 0.6 is 0 Å². The van der Waals surface area contributed by atoms with Gasteiger partial charge >= 0.3 is 11.9 Å². The Morgan fingerprint density at radius 3 is 2.75 bits per heavy atom. The average Bonchev–Trinajstić information content (AvgIpc) is 3.88. The number of piperidine rings is 1. The predicted molar refractivity (Wildman–Crippen MR) is 183 cm³/mol. The summed E-state index contributed by atoms with van der Waals surface area (Å²) in [5.74, 6) is -1.03. The number of amidine groups is 1. The van der Waals surface area contributed by atoms with Crippen LogP contribution in [0.3, 0.4) is 0 Å². The fourth-order valence-corrected chi connectivity index (χ4v) is 7.52. The molecule has 6 aliphatic heterocycles. The number of guanidine groups is 1. The first kappa shape index (κ1) is 34.2. The molecule has 6 aliphatic rings. The van der Waals surface area contributed by atoms with Crippen molar-refractivity contribution < 1.29 is 43.5 Å². The number of rotatable bonds is 10. The van der Waals surface area contributed by atoms with E-state index in [0.29, 0.717) is 34.5 Å². The molecule has 6 N–H and O–H groups in total. The van der Waals surface area contributed by atoms with Gasteiger partial charge in [-0.3, -0.25) is 19.5 Å². The predicted octanol–water partition coefficient (Wildman–Crippen LogP) is -0.339. The van der Waals surface area contributed by atoms with Crippen LogP contribution in [-0.4, -0.2) is 114 Å². The Morgan fingerprint density at radius 1 is 1.25 bits per heavy atom. The Balaban J connectivity index is 1.30. The van der Waals surface area contributed by atoms with Crippen LogP contribution in [0.15, 0.2) is 44.8 Å². The maximum absolute atomic E-state index is 13.3. The largest absolute Gasteiger partial charge is 0.496 e. The Bertz CT molecular complexity index is 1860. The summed E-state index contributed by atoms with van der Waals surface area (Å²) < 4.78 is 23.9. The molecule has 17 nitrogen and oxygen atoms in total. The molecular formula is C34H40N8O9. The van der Waals surface area contributed by atoms with Crippen molar-refractivity contribution in [2.75, 3.05) is 40.0 Å². The fraction of sp³-hybridized carbons (Fsp3) is 0.471. The molecule has 270 valence electrons. The molecule has 0 aliphatic carbocycles. The number of hydrogen-bond donors (Lipinski definition) is 5. The first-order valence-corrected chi connectivity index (χ1v) is 16.8. The van der Waals surface area contributed by atoms with E-state index in [0.717, 1.165) is 25.9 Å². The maximum atomic E-state index is 13.3. The molecule has 3 atom stereocenters. The van der Waals surface area contributed by atoms with Crippen LogP contribution in [0.4, 0.5) is 0 Å². The minimum Gasteiger partial charge on any atom is -0.496 e. The number of nitrogens with two attached hydrogens (primary N) is 1. The van der Waals surface area contributed by atoms with E-state index in [9.17, 15) is 24.6 Å². The Morgan fingerprint density at radius 2 is 2.04 bits per heavy atom. The number of aliphatic hydroxyl groups is 2. The SMILES string of the molecule is CCOC(=O)C1=C(C=O)C(=CCN2C=CNC2N2CN=C3C(=O)N=C(N)N=C32)c2c(OC)c3c(c(CO)c2O1)OC(C(C)(O)C1CCNCC1)C3. The first-order valence-electron chi connectivity index (χ1n) is 16.8. The quantitative estimate of drug-likeness (QED) is 0.155. The number of aliphatic imine (C=N–C) groups is 3. The highest BCUT2D eigenvalue weighted by molar-refractivity contribution is 6.69. The summed E-state index contributed by atoms with van der Waals surface area (Å²) in [4.78, 5) is 54.4. The zero-order valence-electron chi connectivity index (χ0n) is 28.5. The van der Waals surface area contributed by atoms with Crippen LogP contribution in [0.1, 0.15) is 43.4 Å². The number of carbonyl (C=O) groups excluding carboxylic acids is 3. The van der Waals surface area contributed by atoms with Gasteiger partial charge in [-0.05, 0) is 45.7 Å². The number of amides is 1. The van der Waals surface area contributed by atoms with Crippen LogP contribution in [0.2, 0.25) is 0 Å². The molecule has 0 spiro atoms. The van der Waals surface area contributed by atoms with Crippen molar-refractivity contribution in [3.05, 3.63) is 46.5 Å². The van der Waals surface area contributed by atoms with E-state index in [-0.39, 0.29) is 72.3 Å². The third-order valence-electron chi connectivity index (χ3n) is 10.1. The van der Waals surface area contributed by atoms with E-state index >= 15 is 0 Å². The molecule has 0 bridgehead atoms. The number of esters is 1. The molecule has 51 heavy (non-hydrogen) atoms. The van der Waals surface area contributed by atoms with Crippen LogP contribution in [0.5, 0.6) is 17.2 Å². The molecule has 1 saturated heterocycles. The number of allylic oxidation sites excluding steroid dienone is 2. The minimum atomic E-state index is -1.21. The van der Waals surface area contributed by atoms with E-state index < -0.39 is 36.5 Å². The summed E-state index contributed by atoms with van der Waals surface area (Å²) in [6.07, 6.45) is 6.33. The molecule has 17 heteroatoms. The Kier molecular flexibility index (Phi) is 9.03. The van der Waals surface area contributed by atoms with Gasteiger partial charge in [0.2, 0.25) is 11.7 Å². The van der Waals surface area contributed by atoms with Crippen LogP contribution in [0.25, 0.3) is 5.57 Å². The van der Waals surface area contributed by atoms with Crippen molar-refractivity contribution in [1.82, 2.24) is 20.4 Å². The highest BCUT2D eigenvalue weighted by Gasteiger charge is 2.48. The van der Waals surface area contributed by atoms with Gasteiger partial charge in [-0.1, -0.05) is 6.08 Å². The second-order valence-electron chi connectivity index (χ2n) is 12.9. The molecule has 7 rings (SSSR count). The summed E-state index contributed by atoms with van der Waals surface area (Å²) in [5.41, 5.74) is 6.08. The average molecular weight is 705 g/mol. The zero-order valence-corrected chi connectivity index (χ0v) is 28.5. The molecular weight excluding hydrogens is 664 g/mol. The summed E-state index contributed by atoms with van der Waals surface area (Å²) in [6, 6.07) is 0. The highest BCUT2D eigenvalue weighted by Crippen LogP contribution is 2.55. The van der Waals surface area contributed by atoms with E-state index in [4.69, 9.17) is 24.7 Å². The third-order valence-corrected chi connectivity index (χ3v) is 10.1. The smallest absolute Gasteiger partial charge is 0.375 e. The van der Waals surface area contributed by atoms with Gasteiger partial charge in [0, 0.05) is 36.5 Å². The third kappa shape index (κ3) is 5.70. The molecule has 1 amide bonds. The lowest BCUT2D eigenvalue weighted by atomic mass is 9.77.